The van der Waals surface area contributed by atoms with Crippen LogP contribution < -0.4 is 5.32 Å². The molecule has 6 heteroatoms. The van der Waals surface area contributed by atoms with Crippen molar-refractivity contribution in [3.8, 4) is 0 Å². The highest BCUT2D eigenvalue weighted by molar-refractivity contribution is 4.77. The maximum atomic E-state index is 12.7. The van der Waals surface area contributed by atoms with E-state index in [1.54, 1.807) is 6.92 Å². The summed E-state index contributed by atoms with van der Waals surface area (Å²) < 4.78 is 49.2. The monoisotopic (exact) mass is 256 g/mol. The third kappa shape index (κ3) is 5.21. The van der Waals surface area contributed by atoms with Crippen LogP contribution in [0.25, 0.3) is 0 Å². The highest BCUT2D eigenvalue weighted by atomic mass is 19.3. The van der Waals surface area contributed by atoms with Crippen LogP contribution in [-0.4, -0.2) is 49.5 Å². The quantitative estimate of drug-likeness (QED) is 0.734. The summed E-state index contributed by atoms with van der Waals surface area (Å²) in [6, 6.07) is -0.197. The molecule has 1 rings (SSSR count). The molecule has 0 aromatic heterocycles. The van der Waals surface area contributed by atoms with Gasteiger partial charge in [-0.1, -0.05) is 6.42 Å². The summed E-state index contributed by atoms with van der Waals surface area (Å²) in [5.41, 5.74) is 0. The van der Waals surface area contributed by atoms with Crippen molar-refractivity contribution in [3.05, 3.63) is 0 Å². The van der Waals surface area contributed by atoms with E-state index in [2.05, 4.69) is 10.2 Å². The molecule has 0 aromatic carbocycles. The Morgan fingerprint density at radius 3 is 2.29 bits per heavy atom. The van der Waals surface area contributed by atoms with Gasteiger partial charge >= 0.3 is 12.3 Å². The lowest BCUT2D eigenvalue weighted by Crippen LogP contribution is -2.47. The molecule has 1 N–H and O–H groups in total. The fourth-order valence-corrected chi connectivity index (χ4v) is 1.98. The Morgan fingerprint density at radius 1 is 1.18 bits per heavy atom. The Hall–Kier alpha value is -0.360. The minimum absolute atomic E-state index is 0.197. The summed E-state index contributed by atoms with van der Waals surface area (Å²) in [7, 11) is 0. The molecule has 0 spiro atoms. The number of likely N-dealkylation sites (tertiary alicyclic amines) is 1. The van der Waals surface area contributed by atoms with Crippen LogP contribution in [-0.2, 0) is 0 Å². The first kappa shape index (κ1) is 14.7. The predicted octanol–water partition coefficient (Wildman–Crippen LogP) is 2.35. The maximum absolute atomic E-state index is 12.7. The molecule has 2 nitrogen and oxygen atoms in total. The molecule has 0 aromatic rings. The van der Waals surface area contributed by atoms with Gasteiger partial charge in [0.15, 0.2) is 0 Å². The molecule has 0 bridgehead atoms. The third-order valence-electron chi connectivity index (χ3n) is 2.99. The summed E-state index contributed by atoms with van der Waals surface area (Å²) in [4.78, 5) is 2.18. The zero-order valence-corrected chi connectivity index (χ0v) is 10.1. The van der Waals surface area contributed by atoms with Crippen molar-refractivity contribution in [3.63, 3.8) is 0 Å². The first-order valence-corrected chi connectivity index (χ1v) is 6.03. The van der Waals surface area contributed by atoms with Crippen LogP contribution in [0.3, 0.4) is 0 Å². The summed E-state index contributed by atoms with van der Waals surface area (Å²) in [6.45, 7) is 3.36. The van der Waals surface area contributed by atoms with Crippen molar-refractivity contribution in [2.45, 2.75) is 44.6 Å². The van der Waals surface area contributed by atoms with Crippen molar-refractivity contribution in [1.82, 2.24) is 10.2 Å². The summed E-state index contributed by atoms with van der Waals surface area (Å²) in [6.07, 6.45) is -0.140. The Labute approximate surface area is 99.4 Å². The number of hydrogen-bond donors (Lipinski definition) is 1. The molecular formula is C11H20F4N2. The average Bonchev–Trinajstić information content (AvgIpc) is 2.28. The fraction of sp³-hybridized carbons (Fsp3) is 1.00. The first-order chi connectivity index (χ1) is 7.92. The minimum atomic E-state index is -3.93. The molecule has 1 aliphatic heterocycles. The summed E-state index contributed by atoms with van der Waals surface area (Å²) >= 11 is 0. The van der Waals surface area contributed by atoms with Gasteiger partial charge in [-0.2, -0.15) is 8.78 Å². The van der Waals surface area contributed by atoms with Gasteiger partial charge in [-0.05, 0) is 32.9 Å². The van der Waals surface area contributed by atoms with Crippen molar-refractivity contribution >= 4 is 0 Å². The van der Waals surface area contributed by atoms with Gasteiger partial charge < -0.3 is 10.2 Å². The molecule has 0 saturated carbocycles. The smallest absolute Gasteiger partial charge is 0.307 e. The standard InChI is InChI=1S/C11H20F4N2/c1-9(7-17-5-3-2-4-6-17)16-8-11(14,15)10(12)13/h9-10,16H,2-8H2,1H3. The number of nitrogens with zero attached hydrogens (tertiary/aromatic N) is 1. The topological polar surface area (TPSA) is 15.3 Å². The molecule has 1 fully saturated rings. The SMILES string of the molecule is CC(CN1CCCCC1)NCC(F)(F)C(F)F. The maximum Gasteiger partial charge on any atom is 0.319 e. The predicted molar refractivity (Wildman–Crippen MR) is 58.7 cm³/mol. The van der Waals surface area contributed by atoms with E-state index >= 15 is 0 Å². The molecule has 0 aliphatic carbocycles. The molecule has 1 atom stereocenters. The number of piperidine rings is 1. The van der Waals surface area contributed by atoms with Crippen molar-refractivity contribution < 1.29 is 17.6 Å². The number of alkyl halides is 4. The normalized spacial score (nSPS) is 20.8. The van der Waals surface area contributed by atoms with Crippen LogP contribution in [0.4, 0.5) is 17.6 Å². The largest absolute Gasteiger partial charge is 0.319 e. The highest BCUT2D eigenvalue weighted by Crippen LogP contribution is 2.21. The Kier molecular flexibility index (Phi) is 5.66. The van der Waals surface area contributed by atoms with Gasteiger partial charge in [-0.15, -0.1) is 0 Å². The number of nitrogens with one attached hydrogen (secondary N) is 1. The van der Waals surface area contributed by atoms with E-state index in [9.17, 15) is 17.6 Å². The van der Waals surface area contributed by atoms with Gasteiger partial charge in [0.05, 0.1) is 6.54 Å². The third-order valence-corrected chi connectivity index (χ3v) is 2.99. The lowest BCUT2D eigenvalue weighted by molar-refractivity contribution is -0.126. The van der Waals surface area contributed by atoms with Crippen LogP contribution >= 0.6 is 0 Å². The van der Waals surface area contributed by atoms with E-state index in [1.165, 1.54) is 6.42 Å². The van der Waals surface area contributed by atoms with Gasteiger partial charge in [0.1, 0.15) is 0 Å². The molecule has 1 unspecified atom stereocenters. The Morgan fingerprint density at radius 2 is 1.76 bits per heavy atom. The van der Waals surface area contributed by atoms with Crippen LogP contribution in [0.15, 0.2) is 0 Å². The van der Waals surface area contributed by atoms with Crippen molar-refractivity contribution in [2.75, 3.05) is 26.2 Å². The van der Waals surface area contributed by atoms with Gasteiger partial charge in [-0.3, -0.25) is 0 Å². The molecule has 102 valence electrons. The average molecular weight is 256 g/mol. The van der Waals surface area contributed by atoms with Crippen molar-refractivity contribution in [1.29, 1.82) is 0 Å². The Bertz CT molecular complexity index is 218. The van der Waals surface area contributed by atoms with Crippen LogP contribution in [0, 0.1) is 0 Å². The Balaban J connectivity index is 2.22. The van der Waals surface area contributed by atoms with Gasteiger partial charge in [0, 0.05) is 12.6 Å². The van der Waals surface area contributed by atoms with E-state index < -0.39 is 18.9 Å². The highest BCUT2D eigenvalue weighted by Gasteiger charge is 2.40. The second-order valence-electron chi connectivity index (χ2n) is 4.70. The van der Waals surface area contributed by atoms with Gasteiger partial charge in [-0.25, -0.2) is 8.78 Å². The zero-order chi connectivity index (χ0) is 12.9. The van der Waals surface area contributed by atoms with Gasteiger partial charge in [0.25, 0.3) is 0 Å². The lowest BCUT2D eigenvalue weighted by Gasteiger charge is -2.30. The van der Waals surface area contributed by atoms with Crippen LogP contribution in [0.2, 0.25) is 0 Å². The number of halogens is 4. The second kappa shape index (κ2) is 6.54. The fourth-order valence-electron chi connectivity index (χ4n) is 1.98. The summed E-state index contributed by atoms with van der Waals surface area (Å²) in [5.74, 6) is -3.93. The first-order valence-electron chi connectivity index (χ1n) is 6.03. The molecule has 1 aliphatic rings. The van der Waals surface area contributed by atoms with E-state index in [4.69, 9.17) is 0 Å². The van der Waals surface area contributed by atoms with Crippen molar-refractivity contribution in [2.24, 2.45) is 0 Å². The van der Waals surface area contributed by atoms with E-state index in [1.807, 2.05) is 0 Å². The van der Waals surface area contributed by atoms with E-state index in [0.29, 0.717) is 6.54 Å². The molecular weight excluding hydrogens is 236 g/mol. The summed E-state index contributed by atoms with van der Waals surface area (Å²) in [5, 5.41) is 2.48. The molecule has 17 heavy (non-hydrogen) atoms. The zero-order valence-electron chi connectivity index (χ0n) is 10.1. The number of hydrogen-bond acceptors (Lipinski definition) is 2. The molecule has 0 amide bonds. The second-order valence-corrected chi connectivity index (χ2v) is 4.70. The minimum Gasteiger partial charge on any atom is -0.307 e. The van der Waals surface area contributed by atoms with Gasteiger partial charge in [0.2, 0.25) is 0 Å². The molecule has 0 radical (unpaired) electrons. The number of rotatable bonds is 6. The van der Waals surface area contributed by atoms with E-state index in [-0.39, 0.29) is 6.04 Å². The van der Waals surface area contributed by atoms with Crippen LogP contribution in [0.1, 0.15) is 26.2 Å². The molecule has 1 saturated heterocycles. The van der Waals surface area contributed by atoms with Crippen LogP contribution in [0.5, 0.6) is 0 Å². The van der Waals surface area contributed by atoms with E-state index in [0.717, 1.165) is 25.9 Å². The lowest BCUT2D eigenvalue weighted by atomic mass is 10.1. The molecule has 1 heterocycles.